The van der Waals surface area contributed by atoms with Gasteiger partial charge in [0.05, 0.1) is 14.2 Å². The summed E-state index contributed by atoms with van der Waals surface area (Å²) in [6.45, 7) is 0. The molecule has 1 saturated heterocycles. The molecule has 6 heteroatoms. The number of likely N-dealkylation sites (tertiary alicyclic amines) is 1. The van der Waals surface area contributed by atoms with Crippen LogP contribution in [0.25, 0.3) is 0 Å². The van der Waals surface area contributed by atoms with Crippen LogP contribution in [0.5, 0.6) is 0 Å². The molecule has 0 saturated carbocycles. The van der Waals surface area contributed by atoms with Crippen molar-refractivity contribution in [1.82, 2.24) is 4.90 Å². The third-order valence-corrected chi connectivity index (χ3v) is 2.71. The van der Waals surface area contributed by atoms with Gasteiger partial charge in [-0.05, 0) is 19.3 Å². The van der Waals surface area contributed by atoms with E-state index < -0.39 is 24.3 Å². The predicted octanol–water partition coefficient (Wildman–Crippen LogP) is 0.753. The molecule has 1 aliphatic rings. The van der Waals surface area contributed by atoms with Crippen LogP contribution in [-0.2, 0) is 19.0 Å². The number of hydrogen-bond donors (Lipinski definition) is 0. The van der Waals surface area contributed by atoms with Crippen LogP contribution in [0.3, 0.4) is 0 Å². The minimum absolute atomic E-state index is 0.426. The first-order valence-electron chi connectivity index (χ1n) is 5.12. The molecule has 2 atom stereocenters. The number of methoxy groups -OCH3 is 3. The molecule has 0 N–H and O–H groups in total. The first-order valence-corrected chi connectivity index (χ1v) is 5.12. The molecule has 6 nitrogen and oxygen atoms in total. The summed E-state index contributed by atoms with van der Waals surface area (Å²) in [5, 5.41) is 0. The van der Waals surface area contributed by atoms with Crippen molar-refractivity contribution in [3.63, 3.8) is 0 Å². The van der Waals surface area contributed by atoms with Gasteiger partial charge in [-0.1, -0.05) is 0 Å². The zero-order chi connectivity index (χ0) is 12.1. The minimum atomic E-state index is -0.615. The second-order valence-corrected chi connectivity index (χ2v) is 3.54. The van der Waals surface area contributed by atoms with Crippen LogP contribution < -0.4 is 0 Å². The molecule has 0 bridgehead atoms. The topological polar surface area (TPSA) is 65.1 Å². The Labute approximate surface area is 94.4 Å². The molecule has 0 aromatic rings. The summed E-state index contributed by atoms with van der Waals surface area (Å²) < 4.78 is 14.5. The molecule has 1 heterocycles. The van der Waals surface area contributed by atoms with Gasteiger partial charge < -0.3 is 14.2 Å². The number of carbonyl (C=O) groups is 2. The zero-order valence-electron chi connectivity index (χ0n) is 9.76. The molecule has 0 aromatic heterocycles. The summed E-state index contributed by atoms with van der Waals surface area (Å²) in [5.74, 6) is -0.438. The van der Waals surface area contributed by atoms with Crippen LogP contribution in [0.4, 0.5) is 4.79 Å². The van der Waals surface area contributed by atoms with Crippen LogP contribution >= 0.6 is 0 Å². The molecule has 0 aliphatic carbocycles. The maximum atomic E-state index is 11.6. The number of piperidine rings is 1. The Kier molecular flexibility index (Phi) is 4.54. The number of amides is 1. The Morgan fingerprint density at radius 3 is 2.31 bits per heavy atom. The summed E-state index contributed by atoms with van der Waals surface area (Å²) in [5.41, 5.74) is 0. The molecular weight excluding hydrogens is 214 g/mol. The lowest BCUT2D eigenvalue weighted by Gasteiger charge is -2.38. The molecule has 1 amide bonds. The van der Waals surface area contributed by atoms with Gasteiger partial charge in [0.2, 0.25) is 0 Å². The Bertz CT molecular complexity index is 268. The molecule has 92 valence electrons. The number of ether oxygens (including phenoxy) is 3. The number of nitrogens with zero attached hydrogens (tertiary/aromatic N) is 1. The van der Waals surface area contributed by atoms with E-state index in [0.29, 0.717) is 12.8 Å². The second-order valence-electron chi connectivity index (χ2n) is 3.54. The fourth-order valence-electron chi connectivity index (χ4n) is 1.91. The number of rotatable bonds is 2. The summed E-state index contributed by atoms with van der Waals surface area (Å²) in [6, 6.07) is -0.615. The Morgan fingerprint density at radius 1 is 1.12 bits per heavy atom. The number of hydrogen-bond acceptors (Lipinski definition) is 5. The highest BCUT2D eigenvalue weighted by molar-refractivity contribution is 5.81. The van der Waals surface area contributed by atoms with Gasteiger partial charge in [-0.15, -0.1) is 0 Å². The quantitative estimate of drug-likeness (QED) is 0.656. The predicted molar refractivity (Wildman–Crippen MR) is 54.7 cm³/mol. The van der Waals surface area contributed by atoms with E-state index in [1.165, 1.54) is 26.2 Å². The highest BCUT2D eigenvalue weighted by Gasteiger charge is 2.39. The van der Waals surface area contributed by atoms with Crippen LogP contribution in [-0.4, -0.2) is 50.6 Å². The van der Waals surface area contributed by atoms with Crippen molar-refractivity contribution < 1.29 is 23.8 Å². The zero-order valence-corrected chi connectivity index (χ0v) is 9.76. The summed E-state index contributed by atoms with van der Waals surface area (Å²) in [6.07, 6.45) is 1.08. The van der Waals surface area contributed by atoms with E-state index in [0.717, 1.165) is 6.42 Å². The average molecular weight is 231 g/mol. The lowest BCUT2D eigenvalue weighted by molar-refractivity contribution is -0.155. The van der Waals surface area contributed by atoms with E-state index in [1.807, 2.05) is 0 Å². The molecule has 1 rings (SSSR count). The summed E-state index contributed by atoms with van der Waals surface area (Å²) in [4.78, 5) is 24.4. The Morgan fingerprint density at radius 2 is 1.81 bits per heavy atom. The van der Waals surface area contributed by atoms with Gasteiger partial charge >= 0.3 is 12.1 Å². The number of esters is 1. The van der Waals surface area contributed by atoms with Gasteiger partial charge in [0.1, 0.15) is 12.3 Å². The molecular formula is C10H17NO5. The first kappa shape index (κ1) is 12.8. The van der Waals surface area contributed by atoms with Crippen molar-refractivity contribution in [2.24, 2.45) is 0 Å². The standard InChI is InChI=1S/C10H17NO5/c1-14-8-6-4-5-7(9(12)15-2)11(8)10(13)16-3/h7-8H,4-6H2,1-3H3. The van der Waals surface area contributed by atoms with Gasteiger partial charge in [-0.3, -0.25) is 4.90 Å². The van der Waals surface area contributed by atoms with Crippen molar-refractivity contribution in [3.05, 3.63) is 0 Å². The van der Waals surface area contributed by atoms with Crippen LogP contribution in [0.1, 0.15) is 19.3 Å². The Hall–Kier alpha value is -1.30. The largest absolute Gasteiger partial charge is 0.467 e. The van der Waals surface area contributed by atoms with E-state index in [9.17, 15) is 9.59 Å². The second kappa shape index (κ2) is 5.69. The Balaban J connectivity index is 2.87. The number of carbonyl (C=O) groups excluding carboxylic acids is 2. The van der Waals surface area contributed by atoms with E-state index in [4.69, 9.17) is 4.74 Å². The van der Waals surface area contributed by atoms with E-state index >= 15 is 0 Å². The molecule has 0 spiro atoms. The van der Waals surface area contributed by atoms with Gasteiger partial charge in [-0.2, -0.15) is 0 Å². The normalized spacial score (nSPS) is 25.1. The third kappa shape index (κ3) is 2.44. The first-order chi connectivity index (χ1) is 7.65. The lowest BCUT2D eigenvalue weighted by atomic mass is 10.0. The summed E-state index contributed by atoms with van der Waals surface area (Å²) in [7, 11) is 4.08. The van der Waals surface area contributed by atoms with Crippen LogP contribution in [0.15, 0.2) is 0 Å². The highest BCUT2D eigenvalue weighted by atomic mass is 16.6. The monoisotopic (exact) mass is 231 g/mol. The van der Waals surface area contributed by atoms with Gasteiger partial charge in [0.25, 0.3) is 0 Å². The average Bonchev–Trinajstić information content (AvgIpc) is 2.35. The third-order valence-electron chi connectivity index (χ3n) is 2.71. The SMILES string of the molecule is COC(=O)C1CCCC(OC)N1C(=O)OC. The summed E-state index contributed by atoms with van der Waals surface area (Å²) >= 11 is 0. The van der Waals surface area contributed by atoms with Crippen LogP contribution in [0.2, 0.25) is 0 Å². The van der Waals surface area contributed by atoms with Gasteiger partial charge in [-0.25, -0.2) is 9.59 Å². The smallest absolute Gasteiger partial charge is 0.412 e. The molecule has 16 heavy (non-hydrogen) atoms. The molecule has 0 aromatic carbocycles. The van der Waals surface area contributed by atoms with Crippen molar-refractivity contribution in [2.45, 2.75) is 31.5 Å². The van der Waals surface area contributed by atoms with Crippen molar-refractivity contribution in [2.75, 3.05) is 21.3 Å². The fourth-order valence-corrected chi connectivity index (χ4v) is 1.91. The van der Waals surface area contributed by atoms with E-state index in [1.54, 1.807) is 0 Å². The molecule has 2 unspecified atom stereocenters. The maximum Gasteiger partial charge on any atom is 0.412 e. The van der Waals surface area contributed by atoms with Crippen molar-refractivity contribution >= 4 is 12.1 Å². The maximum absolute atomic E-state index is 11.6. The van der Waals surface area contributed by atoms with E-state index in [-0.39, 0.29) is 0 Å². The fraction of sp³-hybridized carbons (Fsp3) is 0.800. The van der Waals surface area contributed by atoms with Crippen molar-refractivity contribution in [1.29, 1.82) is 0 Å². The van der Waals surface area contributed by atoms with Gasteiger partial charge in [0, 0.05) is 7.11 Å². The molecule has 0 radical (unpaired) electrons. The lowest BCUT2D eigenvalue weighted by Crippen LogP contribution is -2.54. The minimum Gasteiger partial charge on any atom is -0.467 e. The highest BCUT2D eigenvalue weighted by Crippen LogP contribution is 2.24. The molecule has 1 fully saturated rings. The van der Waals surface area contributed by atoms with Crippen LogP contribution in [0, 0.1) is 0 Å². The van der Waals surface area contributed by atoms with E-state index in [2.05, 4.69) is 9.47 Å². The van der Waals surface area contributed by atoms with Crippen molar-refractivity contribution in [3.8, 4) is 0 Å². The molecule has 1 aliphatic heterocycles. The van der Waals surface area contributed by atoms with Gasteiger partial charge in [0.15, 0.2) is 0 Å².